The summed E-state index contributed by atoms with van der Waals surface area (Å²) in [6, 6.07) is 6.01. The molecule has 0 saturated carbocycles. The van der Waals surface area contributed by atoms with Gasteiger partial charge in [-0.2, -0.15) is 5.10 Å². The van der Waals surface area contributed by atoms with E-state index in [0.29, 0.717) is 42.3 Å². The summed E-state index contributed by atoms with van der Waals surface area (Å²) in [5.41, 5.74) is 9.50. The van der Waals surface area contributed by atoms with E-state index in [1.807, 2.05) is 23.7 Å². The van der Waals surface area contributed by atoms with Crippen LogP contribution in [0.2, 0.25) is 0 Å². The van der Waals surface area contributed by atoms with Crippen LogP contribution in [-0.4, -0.2) is 48.7 Å². The van der Waals surface area contributed by atoms with Crippen molar-refractivity contribution < 1.29 is 9.84 Å². The third-order valence-corrected chi connectivity index (χ3v) is 8.51. The van der Waals surface area contributed by atoms with E-state index in [-0.39, 0.29) is 12.2 Å². The van der Waals surface area contributed by atoms with E-state index in [9.17, 15) is 9.90 Å². The summed E-state index contributed by atoms with van der Waals surface area (Å²) >= 11 is 0. The number of aryl methyl sites for hydroxylation is 1. The van der Waals surface area contributed by atoms with Crippen molar-refractivity contribution in [2.75, 3.05) is 25.1 Å². The molecule has 3 aliphatic rings. The Balaban J connectivity index is 1.29. The van der Waals surface area contributed by atoms with Crippen molar-refractivity contribution >= 4 is 22.8 Å². The maximum absolute atomic E-state index is 13.0. The number of nitrogens with zero attached hydrogens (tertiary/aromatic N) is 5. The van der Waals surface area contributed by atoms with Gasteiger partial charge in [-0.1, -0.05) is 27.0 Å². The highest BCUT2D eigenvalue weighted by atomic mass is 16.5. The van der Waals surface area contributed by atoms with Crippen LogP contribution in [0.25, 0.3) is 11.3 Å². The highest BCUT2D eigenvalue weighted by Gasteiger charge is 2.35. The predicted molar refractivity (Wildman–Crippen MR) is 157 cm³/mol. The van der Waals surface area contributed by atoms with Gasteiger partial charge in [0.05, 0.1) is 43.5 Å². The lowest BCUT2D eigenvalue weighted by Gasteiger charge is -2.36. The fourth-order valence-electron chi connectivity index (χ4n) is 6.37. The van der Waals surface area contributed by atoms with Crippen molar-refractivity contribution in [3.05, 3.63) is 87.4 Å². The Bertz CT molecular complexity index is 1610. The number of ether oxygens (including phenoxy) is 1. The fourth-order valence-corrected chi connectivity index (χ4v) is 6.37. The molecule has 0 radical (unpaired) electrons. The van der Waals surface area contributed by atoms with Gasteiger partial charge >= 0.3 is 0 Å². The van der Waals surface area contributed by atoms with E-state index >= 15 is 0 Å². The lowest BCUT2D eigenvalue weighted by Crippen LogP contribution is -2.33. The van der Waals surface area contributed by atoms with E-state index in [1.165, 1.54) is 11.3 Å². The molecule has 0 unspecified atom stereocenters. The number of aromatic nitrogens is 4. The number of aliphatic hydroxyl groups excluding tert-OH is 1. The number of aliphatic hydroxyl groups is 1. The number of allylic oxidation sites excluding steroid dienone is 1. The molecule has 1 aliphatic carbocycles. The smallest absolute Gasteiger partial charge is 0.274 e. The largest absolute Gasteiger partial charge is 0.392 e. The van der Waals surface area contributed by atoms with Gasteiger partial charge < -0.3 is 29.2 Å². The molecular weight excluding hydrogens is 504 g/mol. The summed E-state index contributed by atoms with van der Waals surface area (Å²) in [7, 11) is 1.73. The lowest BCUT2D eigenvalue weighted by atomic mass is 9.90. The van der Waals surface area contributed by atoms with E-state index < -0.39 is 0 Å². The van der Waals surface area contributed by atoms with Crippen LogP contribution in [0.15, 0.2) is 53.6 Å². The highest BCUT2D eigenvalue weighted by molar-refractivity contribution is 5.75. The van der Waals surface area contributed by atoms with E-state index in [0.717, 1.165) is 59.8 Å². The average molecular weight is 543 g/mol. The minimum absolute atomic E-state index is 0.162. The summed E-state index contributed by atoms with van der Waals surface area (Å²) in [6.45, 7) is 18.7. The molecule has 2 N–H and O–H groups in total. The van der Waals surface area contributed by atoms with Crippen LogP contribution in [0.4, 0.5) is 11.5 Å². The minimum Gasteiger partial charge on any atom is -0.392 e. The van der Waals surface area contributed by atoms with Crippen molar-refractivity contribution in [2.45, 2.75) is 53.3 Å². The summed E-state index contributed by atoms with van der Waals surface area (Å²) < 4.78 is 11.4. The predicted octanol–water partition coefficient (Wildman–Crippen LogP) is 4.05. The van der Waals surface area contributed by atoms with E-state index in [4.69, 9.17) is 4.74 Å². The molecule has 0 aromatic carbocycles. The zero-order valence-electron chi connectivity index (χ0n) is 23.9. The third kappa shape index (κ3) is 4.43. The maximum atomic E-state index is 13.0. The standard InChI is InChI=1S/C31H38N6O3/c1-19(23-11-26(30(39)34(6)16-23)32-29-13-24-18-40-10-9-37(24)33-29)25(17-38)20(2)35-7-8-36-27(21(35)3)12-22-14-31(4,5)15-28(22)36/h11-13,16,38H,2-3,7-10,14-15,17-18H2,1,4-6H3,(H,32,33)/b25-19+. The summed E-state index contributed by atoms with van der Waals surface area (Å²) in [6.07, 6.45) is 3.95. The molecule has 40 heavy (non-hydrogen) atoms. The van der Waals surface area contributed by atoms with Crippen LogP contribution in [0.1, 0.15) is 49.0 Å². The quantitative estimate of drug-likeness (QED) is 0.457. The van der Waals surface area contributed by atoms with Gasteiger partial charge in [-0.05, 0) is 54.0 Å². The molecule has 0 fully saturated rings. The highest BCUT2D eigenvalue weighted by Crippen LogP contribution is 2.42. The number of nitrogens with one attached hydrogen (secondary N) is 1. The van der Waals surface area contributed by atoms with Crippen molar-refractivity contribution in [2.24, 2.45) is 12.5 Å². The summed E-state index contributed by atoms with van der Waals surface area (Å²) in [4.78, 5) is 15.1. The molecule has 2 aliphatic heterocycles. The number of pyridine rings is 1. The first-order chi connectivity index (χ1) is 19.1. The molecule has 0 saturated heterocycles. The van der Waals surface area contributed by atoms with Crippen molar-refractivity contribution in [3.63, 3.8) is 0 Å². The van der Waals surface area contributed by atoms with Crippen molar-refractivity contribution in [3.8, 4) is 0 Å². The molecule has 3 aromatic rings. The first-order valence-corrected chi connectivity index (χ1v) is 13.9. The van der Waals surface area contributed by atoms with Crippen LogP contribution < -0.4 is 10.9 Å². The summed E-state index contributed by atoms with van der Waals surface area (Å²) in [5, 5.41) is 18.3. The molecule has 210 valence electrons. The van der Waals surface area contributed by atoms with E-state index in [1.54, 1.807) is 17.8 Å². The topological polar surface area (TPSA) is 89.5 Å². The molecule has 5 heterocycles. The molecule has 0 spiro atoms. The van der Waals surface area contributed by atoms with Crippen LogP contribution >= 0.6 is 0 Å². The normalized spacial score (nSPS) is 18.2. The van der Waals surface area contributed by atoms with Gasteiger partial charge in [0.1, 0.15) is 5.69 Å². The maximum Gasteiger partial charge on any atom is 0.274 e. The molecule has 0 bridgehead atoms. The second kappa shape index (κ2) is 9.67. The second-order valence-corrected chi connectivity index (χ2v) is 12.0. The second-order valence-electron chi connectivity index (χ2n) is 12.0. The van der Waals surface area contributed by atoms with Gasteiger partial charge in [-0.3, -0.25) is 9.48 Å². The fraction of sp³-hybridized carbons (Fsp3) is 0.419. The van der Waals surface area contributed by atoms with Gasteiger partial charge in [0.25, 0.3) is 5.56 Å². The van der Waals surface area contributed by atoms with Crippen LogP contribution in [0, 0.1) is 5.41 Å². The molecule has 9 heteroatoms. The third-order valence-electron chi connectivity index (χ3n) is 8.51. The Morgan fingerprint density at radius 2 is 2.00 bits per heavy atom. The molecule has 0 amide bonds. The zero-order valence-corrected chi connectivity index (χ0v) is 23.9. The Kier molecular flexibility index (Phi) is 6.39. The first kappa shape index (κ1) is 26.4. The van der Waals surface area contributed by atoms with Gasteiger partial charge in [0.15, 0.2) is 5.82 Å². The number of anilines is 2. The monoisotopic (exact) mass is 542 g/mol. The Hall–Kier alpha value is -3.82. The van der Waals surface area contributed by atoms with Crippen molar-refractivity contribution in [1.29, 1.82) is 0 Å². The van der Waals surface area contributed by atoms with Crippen LogP contribution in [0.3, 0.4) is 0 Å². The van der Waals surface area contributed by atoms with E-state index in [2.05, 4.69) is 53.0 Å². The number of hydrogen-bond acceptors (Lipinski definition) is 6. The SMILES string of the molecule is C=C(/C(CO)=C(\C)c1cc(Nc2cc3n(n2)CCOC3)c(=O)n(C)c1)N1CCn2c(cc3c2CC(C)(C)C3)C1=C. The van der Waals surface area contributed by atoms with Crippen molar-refractivity contribution in [1.82, 2.24) is 23.8 Å². The molecule has 6 rings (SSSR count). The van der Waals surface area contributed by atoms with Gasteiger partial charge in [0, 0.05) is 49.4 Å². The molecular formula is C31H38N6O3. The molecule has 3 aromatic heterocycles. The number of fused-ring (bicyclic) bond motifs is 4. The number of rotatable bonds is 6. The Morgan fingerprint density at radius 3 is 2.75 bits per heavy atom. The molecule has 9 nitrogen and oxygen atoms in total. The minimum atomic E-state index is -0.181. The number of hydrogen-bond donors (Lipinski definition) is 2. The summed E-state index contributed by atoms with van der Waals surface area (Å²) in [5.74, 6) is 0.603. The Labute approximate surface area is 234 Å². The zero-order chi connectivity index (χ0) is 28.3. The van der Waals surface area contributed by atoms with Gasteiger partial charge in [-0.15, -0.1) is 0 Å². The van der Waals surface area contributed by atoms with Crippen LogP contribution in [-0.2, 0) is 44.3 Å². The van der Waals surface area contributed by atoms with Gasteiger partial charge in [0.2, 0.25) is 0 Å². The lowest BCUT2D eigenvalue weighted by molar-refractivity contribution is 0.0801. The Morgan fingerprint density at radius 1 is 1.20 bits per heavy atom. The first-order valence-electron chi connectivity index (χ1n) is 13.9. The van der Waals surface area contributed by atoms with Gasteiger partial charge in [-0.25, -0.2) is 0 Å². The van der Waals surface area contributed by atoms with Crippen LogP contribution in [0.5, 0.6) is 0 Å². The molecule has 0 atom stereocenters. The average Bonchev–Trinajstić information content (AvgIpc) is 3.56.